The quantitative estimate of drug-likeness (QED) is 0.624. The summed E-state index contributed by atoms with van der Waals surface area (Å²) in [7, 11) is 0. The minimum Gasteiger partial charge on any atom is -0.396 e. The highest BCUT2D eigenvalue weighted by Gasteiger charge is 2.25. The van der Waals surface area contributed by atoms with Crippen LogP contribution in [-0.2, 0) is 4.79 Å². The van der Waals surface area contributed by atoms with Gasteiger partial charge in [-0.1, -0.05) is 12.8 Å². The lowest BCUT2D eigenvalue weighted by molar-refractivity contribution is -0.108. The highest BCUT2D eigenvalue weighted by Crippen LogP contribution is 2.35. The van der Waals surface area contributed by atoms with Gasteiger partial charge in [0.2, 0.25) is 0 Å². The van der Waals surface area contributed by atoms with Crippen molar-refractivity contribution in [3.63, 3.8) is 0 Å². The number of aldehydes is 1. The van der Waals surface area contributed by atoms with Crippen molar-refractivity contribution in [3.05, 3.63) is 0 Å². The second-order valence-corrected chi connectivity index (χ2v) is 3.37. The third-order valence-electron chi connectivity index (χ3n) is 2.72. The highest BCUT2D eigenvalue weighted by atomic mass is 16.3. The first-order valence-electron chi connectivity index (χ1n) is 4.43. The van der Waals surface area contributed by atoms with Crippen LogP contribution in [0.25, 0.3) is 0 Å². The summed E-state index contributed by atoms with van der Waals surface area (Å²) in [5.74, 6) is 1.19. The molecule has 0 bridgehead atoms. The molecule has 0 aromatic heterocycles. The maximum atomic E-state index is 10.2. The van der Waals surface area contributed by atoms with E-state index in [0.29, 0.717) is 18.3 Å². The molecule has 1 aliphatic rings. The van der Waals surface area contributed by atoms with Gasteiger partial charge in [0.1, 0.15) is 6.29 Å². The summed E-state index contributed by atoms with van der Waals surface area (Å²) in [6, 6.07) is 0. The summed E-state index contributed by atoms with van der Waals surface area (Å²) in [6.07, 6.45) is 6.23. The molecular formula is C9H16O2. The van der Waals surface area contributed by atoms with Crippen LogP contribution in [-0.4, -0.2) is 18.0 Å². The average molecular weight is 156 g/mol. The lowest BCUT2D eigenvalue weighted by atomic mass is 9.91. The molecule has 0 heterocycles. The van der Waals surface area contributed by atoms with Crippen molar-refractivity contribution in [2.24, 2.45) is 11.8 Å². The third-order valence-corrected chi connectivity index (χ3v) is 2.72. The molecule has 11 heavy (non-hydrogen) atoms. The molecule has 2 heteroatoms. The smallest absolute Gasteiger partial charge is 0.120 e. The van der Waals surface area contributed by atoms with E-state index in [2.05, 4.69) is 0 Å². The Morgan fingerprint density at radius 3 is 2.73 bits per heavy atom. The van der Waals surface area contributed by atoms with E-state index in [4.69, 9.17) is 5.11 Å². The zero-order chi connectivity index (χ0) is 8.10. The molecule has 0 spiro atoms. The Bertz CT molecular complexity index is 123. The van der Waals surface area contributed by atoms with Crippen LogP contribution in [0.4, 0.5) is 0 Å². The molecule has 0 aromatic rings. The molecular weight excluding hydrogens is 140 g/mol. The van der Waals surface area contributed by atoms with E-state index in [1.54, 1.807) is 0 Å². The summed E-state index contributed by atoms with van der Waals surface area (Å²) in [5, 5.41) is 8.72. The fourth-order valence-electron chi connectivity index (χ4n) is 2.09. The molecule has 0 radical (unpaired) electrons. The Kier molecular flexibility index (Phi) is 3.57. The predicted molar refractivity (Wildman–Crippen MR) is 43.2 cm³/mol. The minimum absolute atomic E-state index is 0.278. The van der Waals surface area contributed by atoms with E-state index in [1.165, 1.54) is 19.3 Å². The number of rotatable bonds is 4. The van der Waals surface area contributed by atoms with Crippen molar-refractivity contribution >= 4 is 6.29 Å². The first kappa shape index (κ1) is 8.72. The van der Waals surface area contributed by atoms with E-state index < -0.39 is 0 Å². The van der Waals surface area contributed by atoms with E-state index >= 15 is 0 Å². The number of hydrogen-bond donors (Lipinski definition) is 1. The molecule has 1 saturated carbocycles. The van der Waals surface area contributed by atoms with Gasteiger partial charge >= 0.3 is 0 Å². The van der Waals surface area contributed by atoms with Gasteiger partial charge < -0.3 is 9.90 Å². The molecule has 2 atom stereocenters. The van der Waals surface area contributed by atoms with Crippen molar-refractivity contribution in [2.45, 2.75) is 32.1 Å². The van der Waals surface area contributed by atoms with Crippen LogP contribution in [0.3, 0.4) is 0 Å². The second kappa shape index (κ2) is 4.50. The van der Waals surface area contributed by atoms with Crippen LogP contribution in [0.5, 0.6) is 0 Å². The molecule has 0 aromatic carbocycles. The van der Waals surface area contributed by atoms with E-state index in [0.717, 1.165) is 12.7 Å². The summed E-state index contributed by atoms with van der Waals surface area (Å²) >= 11 is 0. The first-order valence-corrected chi connectivity index (χ1v) is 4.43. The van der Waals surface area contributed by atoms with Crippen LogP contribution < -0.4 is 0 Å². The van der Waals surface area contributed by atoms with Gasteiger partial charge in [0.05, 0.1) is 0 Å². The van der Waals surface area contributed by atoms with E-state index in [9.17, 15) is 4.79 Å². The van der Waals surface area contributed by atoms with Gasteiger partial charge in [0, 0.05) is 13.0 Å². The molecule has 1 rings (SSSR count). The summed E-state index contributed by atoms with van der Waals surface area (Å²) < 4.78 is 0. The Morgan fingerprint density at radius 1 is 1.36 bits per heavy atom. The maximum Gasteiger partial charge on any atom is 0.120 e. The van der Waals surface area contributed by atoms with Gasteiger partial charge in [-0.2, -0.15) is 0 Å². The number of carbonyl (C=O) groups is 1. The third kappa shape index (κ3) is 2.29. The fraction of sp³-hybridized carbons (Fsp3) is 0.889. The highest BCUT2D eigenvalue weighted by molar-refractivity contribution is 5.49. The van der Waals surface area contributed by atoms with Crippen molar-refractivity contribution in [1.82, 2.24) is 0 Å². The van der Waals surface area contributed by atoms with Crippen LogP contribution in [0.15, 0.2) is 0 Å². The van der Waals surface area contributed by atoms with Gasteiger partial charge in [0.15, 0.2) is 0 Å². The van der Waals surface area contributed by atoms with Gasteiger partial charge in [0.25, 0.3) is 0 Å². The van der Waals surface area contributed by atoms with E-state index in [1.807, 2.05) is 0 Å². The predicted octanol–water partition coefficient (Wildman–Crippen LogP) is 1.37. The average Bonchev–Trinajstić information content (AvgIpc) is 2.39. The minimum atomic E-state index is 0.278. The largest absolute Gasteiger partial charge is 0.396 e. The molecule has 0 amide bonds. The topological polar surface area (TPSA) is 37.3 Å². The maximum absolute atomic E-state index is 10.2. The summed E-state index contributed by atoms with van der Waals surface area (Å²) in [4.78, 5) is 10.2. The van der Waals surface area contributed by atoms with Crippen molar-refractivity contribution < 1.29 is 9.90 Å². The molecule has 2 unspecified atom stereocenters. The van der Waals surface area contributed by atoms with Gasteiger partial charge in [-0.15, -0.1) is 0 Å². The number of aliphatic hydroxyl groups excluding tert-OH is 1. The Hall–Kier alpha value is -0.370. The van der Waals surface area contributed by atoms with Crippen LogP contribution in [0, 0.1) is 11.8 Å². The molecule has 64 valence electrons. The summed E-state index contributed by atoms with van der Waals surface area (Å²) in [5.41, 5.74) is 0. The van der Waals surface area contributed by atoms with Gasteiger partial charge in [-0.3, -0.25) is 0 Å². The monoisotopic (exact) mass is 156 g/mol. The molecule has 0 aliphatic heterocycles. The Morgan fingerprint density at radius 2 is 2.09 bits per heavy atom. The van der Waals surface area contributed by atoms with Crippen LogP contribution in [0.1, 0.15) is 32.1 Å². The van der Waals surface area contributed by atoms with Crippen molar-refractivity contribution in [3.8, 4) is 0 Å². The Balaban J connectivity index is 2.31. The zero-order valence-corrected chi connectivity index (χ0v) is 6.83. The van der Waals surface area contributed by atoms with Gasteiger partial charge in [-0.25, -0.2) is 0 Å². The summed E-state index contributed by atoms with van der Waals surface area (Å²) in [6.45, 7) is 0.278. The van der Waals surface area contributed by atoms with Crippen LogP contribution in [0.2, 0.25) is 0 Å². The lowest BCUT2D eigenvalue weighted by Crippen LogP contribution is -2.09. The van der Waals surface area contributed by atoms with Crippen molar-refractivity contribution in [1.29, 1.82) is 0 Å². The number of carbonyl (C=O) groups excluding carboxylic acids is 1. The number of hydrogen-bond acceptors (Lipinski definition) is 2. The van der Waals surface area contributed by atoms with Crippen molar-refractivity contribution in [2.75, 3.05) is 6.61 Å². The standard InChI is InChI=1S/C9H16O2/c10-6-4-8-2-1-3-9(8)5-7-11/h6,8-9,11H,1-5,7H2. The fourth-order valence-corrected chi connectivity index (χ4v) is 2.09. The second-order valence-electron chi connectivity index (χ2n) is 3.37. The lowest BCUT2D eigenvalue weighted by Gasteiger charge is -2.15. The Labute approximate surface area is 67.6 Å². The zero-order valence-electron chi connectivity index (χ0n) is 6.83. The molecule has 0 saturated heterocycles. The van der Waals surface area contributed by atoms with Crippen LogP contribution >= 0.6 is 0 Å². The van der Waals surface area contributed by atoms with Gasteiger partial charge in [-0.05, 0) is 24.7 Å². The first-order chi connectivity index (χ1) is 5.38. The number of aliphatic hydroxyl groups is 1. The molecule has 2 nitrogen and oxygen atoms in total. The van der Waals surface area contributed by atoms with E-state index in [-0.39, 0.29) is 6.61 Å². The molecule has 1 fully saturated rings. The molecule has 1 aliphatic carbocycles. The SMILES string of the molecule is O=CCC1CCCC1CCO. The normalized spacial score (nSPS) is 30.6. The molecule has 1 N–H and O–H groups in total.